The molecule has 3 aliphatic rings. The van der Waals surface area contributed by atoms with E-state index in [1.807, 2.05) is 39.0 Å². The van der Waals surface area contributed by atoms with Gasteiger partial charge >= 0.3 is 6.03 Å². The molecular formula is C26H36N6O. The summed E-state index contributed by atoms with van der Waals surface area (Å²) in [5.41, 5.74) is 4.59. The van der Waals surface area contributed by atoms with Gasteiger partial charge in [-0.25, -0.2) is 9.78 Å². The van der Waals surface area contributed by atoms with E-state index in [0.717, 1.165) is 68.5 Å². The number of likely N-dealkylation sites (tertiary alicyclic amines) is 1. The Labute approximate surface area is 197 Å². The number of anilines is 2. The van der Waals surface area contributed by atoms with Gasteiger partial charge in [-0.3, -0.25) is 9.88 Å². The number of amides is 2. The van der Waals surface area contributed by atoms with Crippen LogP contribution < -0.4 is 9.80 Å². The van der Waals surface area contributed by atoms with Gasteiger partial charge in [0.25, 0.3) is 0 Å². The highest BCUT2D eigenvalue weighted by Crippen LogP contribution is 2.47. The normalized spacial score (nSPS) is 20.8. The molecule has 0 N–H and O–H groups in total. The highest BCUT2D eigenvalue weighted by atomic mass is 16.2. The van der Waals surface area contributed by atoms with Gasteiger partial charge in [0.2, 0.25) is 0 Å². The molecule has 2 saturated heterocycles. The van der Waals surface area contributed by atoms with E-state index in [9.17, 15) is 4.79 Å². The highest BCUT2D eigenvalue weighted by Gasteiger charge is 2.47. The van der Waals surface area contributed by atoms with Gasteiger partial charge < -0.3 is 14.7 Å². The number of aromatic nitrogens is 2. The van der Waals surface area contributed by atoms with Crippen LogP contribution in [0.1, 0.15) is 42.6 Å². The number of para-hydroxylation sites is 1. The number of nitrogens with zero attached hydrogens (tertiary/aromatic N) is 6. The molecule has 33 heavy (non-hydrogen) atoms. The smallest absolute Gasteiger partial charge is 0.323 e. The summed E-state index contributed by atoms with van der Waals surface area (Å²) in [6.45, 7) is 9.14. The van der Waals surface area contributed by atoms with Crippen molar-refractivity contribution < 1.29 is 4.79 Å². The highest BCUT2D eigenvalue weighted by molar-refractivity contribution is 5.95. The molecule has 0 unspecified atom stereocenters. The van der Waals surface area contributed by atoms with Crippen molar-refractivity contribution >= 4 is 17.5 Å². The fraction of sp³-hybridized carbons (Fsp3) is 0.577. The summed E-state index contributed by atoms with van der Waals surface area (Å²) in [5, 5.41) is 0. The molecule has 1 aromatic carbocycles. The topological polar surface area (TPSA) is 55.8 Å². The van der Waals surface area contributed by atoms with Crippen LogP contribution in [0, 0.1) is 13.8 Å². The quantitative estimate of drug-likeness (QED) is 0.703. The summed E-state index contributed by atoms with van der Waals surface area (Å²) >= 11 is 0. The van der Waals surface area contributed by atoms with Gasteiger partial charge in [-0.1, -0.05) is 18.2 Å². The summed E-state index contributed by atoms with van der Waals surface area (Å²) in [7, 11) is 3.68. The van der Waals surface area contributed by atoms with Crippen LogP contribution in [-0.2, 0) is 5.41 Å². The molecule has 0 bridgehead atoms. The number of urea groups is 1. The third-order valence-electron chi connectivity index (χ3n) is 8.08. The first-order chi connectivity index (χ1) is 15.9. The number of hydrogen-bond donors (Lipinski definition) is 0. The van der Waals surface area contributed by atoms with Gasteiger partial charge in [0, 0.05) is 50.9 Å². The maximum Gasteiger partial charge on any atom is 0.323 e. The van der Waals surface area contributed by atoms with Gasteiger partial charge in [-0.05, 0) is 64.3 Å². The Morgan fingerprint density at radius 3 is 2.39 bits per heavy atom. The zero-order chi connectivity index (χ0) is 23.2. The van der Waals surface area contributed by atoms with Crippen LogP contribution in [0.3, 0.4) is 0 Å². The van der Waals surface area contributed by atoms with Gasteiger partial charge in [0.15, 0.2) is 0 Å². The average Bonchev–Trinajstić information content (AvgIpc) is 3.15. The fourth-order valence-electron chi connectivity index (χ4n) is 5.93. The van der Waals surface area contributed by atoms with Gasteiger partial charge in [-0.15, -0.1) is 0 Å². The lowest BCUT2D eigenvalue weighted by Crippen LogP contribution is -2.52. The summed E-state index contributed by atoms with van der Waals surface area (Å²) in [4.78, 5) is 30.9. The Bertz CT molecular complexity index is 1020. The lowest BCUT2D eigenvalue weighted by molar-refractivity contribution is 0.104. The van der Waals surface area contributed by atoms with Gasteiger partial charge in [-0.2, -0.15) is 0 Å². The van der Waals surface area contributed by atoms with E-state index in [4.69, 9.17) is 4.98 Å². The second-order valence-electron chi connectivity index (χ2n) is 10.2. The van der Waals surface area contributed by atoms with Crippen LogP contribution in [0.2, 0.25) is 0 Å². The summed E-state index contributed by atoms with van der Waals surface area (Å²) in [6.07, 6.45) is 6.49. The molecule has 0 saturated carbocycles. The Hall–Kier alpha value is -2.67. The third-order valence-corrected chi connectivity index (χ3v) is 8.08. The molecule has 0 aliphatic carbocycles. The molecule has 1 spiro atoms. The first-order valence-electron chi connectivity index (χ1n) is 12.3. The molecule has 5 rings (SSSR count). The number of fused-ring (bicyclic) bond motifs is 2. The lowest BCUT2D eigenvalue weighted by Gasteiger charge is -2.45. The predicted molar refractivity (Wildman–Crippen MR) is 132 cm³/mol. The molecule has 3 aliphatic heterocycles. The van der Waals surface area contributed by atoms with Crippen molar-refractivity contribution in [3.8, 4) is 0 Å². The summed E-state index contributed by atoms with van der Waals surface area (Å²) in [6, 6.07) is 9.26. The largest absolute Gasteiger partial charge is 0.355 e. The minimum absolute atomic E-state index is 0.0866. The number of hydrogen-bond acceptors (Lipinski definition) is 5. The summed E-state index contributed by atoms with van der Waals surface area (Å²) < 4.78 is 0. The Kier molecular flexibility index (Phi) is 5.77. The van der Waals surface area contributed by atoms with Crippen LogP contribution in [0.5, 0.6) is 0 Å². The number of rotatable bonds is 2. The van der Waals surface area contributed by atoms with Crippen LogP contribution >= 0.6 is 0 Å². The van der Waals surface area contributed by atoms with Crippen LogP contribution in [0.15, 0.2) is 30.5 Å². The first kappa shape index (κ1) is 22.1. The molecule has 0 radical (unpaired) electrons. The molecule has 1 aromatic heterocycles. The van der Waals surface area contributed by atoms with E-state index in [2.05, 4.69) is 39.0 Å². The third kappa shape index (κ3) is 3.97. The number of benzene rings is 1. The van der Waals surface area contributed by atoms with Gasteiger partial charge in [0.1, 0.15) is 5.82 Å². The monoisotopic (exact) mass is 448 g/mol. The van der Waals surface area contributed by atoms with Crippen molar-refractivity contribution in [3.05, 3.63) is 47.4 Å². The predicted octanol–water partition coefficient (Wildman–Crippen LogP) is 3.60. The lowest BCUT2D eigenvalue weighted by atomic mass is 9.74. The minimum atomic E-state index is 0.0866. The molecule has 7 nitrogen and oxygen atoms in total. The Morgan fingerprint density at radius 2 is 1.73 bits per heavy atom. The fourth-order valence-corrected chi connectivity index (χ4v) is 5.93. The Morgan fingerprint density at radius 1 is 1.03 bits per heavy atom. The summed E-state index contributed by atoms with van der Waals surface area (Å²) in [5.74, 6) is 1.02. The van der Waals surface area contributed by atoms with E-state index in [0.29, 0.717) is 6.04 Å². The zero-order valence-electron chi connectivity index (χ0n) is 20.4. The number of piperidine rings is 2. The van der Waals surface area contributed by atoms with Crippen molar-refractivity contribution in [2.75, 3.05) is 56.6 Å². The number of aryl methyl sites for hydroxylation is 2. The van der Waals surface area contributed by atoms with E-state index < -0.39 is 0 Å². The average molecular weight is 449 g/mol. The molecule has 2 amide bonds. The molecule has 7 heteroatoms. The second-order valence-corrected chi connectivity index (χ2v) is 10.2. The van der Waals surface area contributed by atoms with E-state index in [1.54, 1.807) is 4.90 Å². The maximum atomic E-state index is 12.9. The van der Waals surface area contributed by atoms with Crippen molar-refractivity contribution in [3.63, 3.8) is 0 Å². The Balaban J connectivity index is 1.23. The van der Waals surface area contributed by atoms with Crippen molar-refractivity contribution in [2.24, 2.45) is 0 Å². The van der Waals surface area contributed by atoms with Crippen LogP contribution in [0.4, 0.5) is 16.3 Å². The van der Waals surface area contributed by atoms with E-state index in [-0.39, 0.29) is 11.4 Å². The van der Waals surface area contributed by atoms with Crippen molar-refractivity contribution in [1.82, 2.24) is 19.8 Å². The molecule has 176 valence electrons. The van der Waals surface area contributed by atoms with Crippen molar-refractivity contribution in [2.45, 2.75) is 51.0 Å². The minimum Gasteiger partial charge on any atom is -0.355 e. The number of carbonyl (C=O) groups excluding carboxylic acids is 1. The number of carbonyl (C=O) groups is 1. The van der Waals surface area contributed by atoms with E-state index >= 15 is 0 Å². The first-order valence-corrected chi connectivity index (χ1v) is 12.3. The van der Waals surface area contributed by atoms with Crippen LogP contribution in [0.25, 0.3) is 0 Å². The maximum absolute atomic E-state index is 12.9. The second kappa shape index (κ2) is 8.60. The van der Waals surface area contributed by atoms with E-state index in [1.165, 1.54) is 18.4 Å². The molecule has 0 atom stereocenters. The molecule has 2 aromatic rings. The zero-order valence-corrected chi connectivity index (χ0v) is 20.4. The molecular weight excluding hydrogens is 412 g/mol. The molecule has 2 fully saturated rings. The SMILES string of the molecule is Cc1ncc(N2CCC(N3CCC4(CC3)CN(C(=O)N(C)C)c3ccccc34)CC2)nc1C. The van der Waals surface area contributed by atoms with Crippen LogP contribution in [-0.4, -0.2) is 78.7 Å². The van der Waals surface area contributed by atoms with Gasteiger partial charge in [0.05, 0.1) is 17.6 Å². The standard InChI is InChI=1S/C26H36N6O/c1-19-20(2)28-24(17-27-19)31-13-9-21(10-14-31)30-15-11-26(12-16-30)18-32(25(33)29(3)4)23-8-6-5-7-22(23)26/h5-8,17,21H,9-16,18H2,1-4H3. The van der Waals surface area contributed by atoms with Crippen molar-refractivity contribution in [1.29, 1.82) is 0 Å². The molecule has 4 heterocycles.